The average Bonchev–Trinajstić information content (AvgIpc) is 2.80. The van der Waals surface area contributed by atoms with Gasteiger partial charge in [-0.05, 0) is 37.1 Å². The maximum Gasteiger partial charge on any atom is 0.328 e. The molecule has 0 saturated carbocycles. The highest BCUT2D eigenvalue weighted by Crippen LogP contribution is 2.26. The average molecular weight is 235 g/mol. The molecule has 0 aromatic heterocycles. The second-order valence-corrected chi connectivity index (χ2v) is 4.07. The quantitative estimate of drug-likeness (QED) is 0.818. The van der Waals surface area contributed by atoms with E-state index in [9.17, 15) is 9.18 Å². The lowest BCUT2D eigenvalue weighted by molar-refractivity contribution is -0.131. The molecule has 1 aliphatic rings. The summed E-state index contributed by atoms with van der Waals surface area (Å²) in [4.78, 5) is 12.6. The molecular weight excluding hydrogens is 221 g/mol. The molecule has 0 amide bonds. The van der Waals surface area contributed by atoms with Crippen molar-refractivity contribution >= 4 is 17.7 Å². The fourth-order valence-corrected chi connectivity index (χ4v) is 2.07. The summed E-state index contributed by atoms with van der Waals surface area (Å²) in [6.07, 6.45) is 4.73. The third-order valence-corrected chi connectivity index (χ3v) is 2.84. The van der Waals surface area contributed by atoms with Gasteiger partial charge in [-0.2, -0.15) is 0 Å². The van der Waals surface area contributed by atoms with Gasteiger partial charge in [-0.1, -0.05) is 0 Å². The van der Waals surface area contributed by atoms with Gasteiger partial charge >= 0.3 is 5.97 Å². The Bertz CT molecular complexity index is 451. The lowest BCUT2D eigenvalue weighted by atomic mass is 10.1. The van der Waals surface area contributed by atoms with Crippen LogP contribution in [0.15, 0.2) is 24.3 Å². The highest BCUT2D eigenvalue weighted by Gasteiger charge is 2.15. The summed E-state index contributed by atoms with van der Waals surface area (Å²) >= 11 is 0. The Labute approximate surface area is 99.2 Å². The standard InChI is InChI=1S/C13H14FNO2/c14-11-4-5-12(15-7-1-2-8-15)10(9-11)3-6-13(16)17/h3-6,9H,1-2,7-8H2,(H,16,17)/b6-3+. The Hall–Kier alpha value is -1.84. The molecule has 1 heterocycles. The van der Waals surface area contributed by atoms with E-state index in [-0.39, 0.29) is 5.82 Å². The van der Waals surface area contributed by atoms with Crippen LogP contribution in [0.25, 0.3) is 6.08 Å². The van der Waals surface area contributed by atoms with Crippen molar-refractivity contribution in [2.75, 3.05) is 18.0 Å². The van der Waals surface area contributed by atoms with Crippen molar-refractivity contribution in [1.82, 2.24) is 0 Å². The van der Waals surface area contributed by atoms with Gasteiger partial charge in [0, 0.05) is 30.4 Å². The number of hydrogen-bond donors (Lipinski definition) is 1. The molecule has 1 aromatic rings. The van der Waals surface area contributed by atoms with E-state index < -0.39 is 5.97 Å². The first-order valence-corrected chi connectivity index (χ1v) is 5.62. The van der Waals surface area contributed by atoms with Gasteiger partial charge in [0.1, 0.15) is 5.82 Å². The summed E-state index contributed by atoms with van der Waals surface area (Å²) < 4.78 is 13.2. The third-order valence-electron chi connectivity index (χ3n) is 2.84. The highest BCUT2D eigenvalue weighted by atomic mass is 19.1. The molecule has 0 unspecified atom stereocenters. The molecule has 0 aliphatic carbocycles. The van der Waals surface area contributed by atoms with Crippen LogP contribution in [0.5, 0.6) is 0 Å². The minimum Gasteiger partial charge on any atom is -0.478 e. The number of halogens is 1. The SMILES string of the molecule is O=C(O)/C=C/c1cc(F)ccc1N1CCCC1. The number of nitrogens with zero attached hydrogens (tertiary/aromatic N) is 1. The summed E-state index contributed by atoms with van der Waals surface area (Å²) in [6.45, 7) is 1.89. The normalized spacial score (nSPS) is 15.7. The summed E-state index contributed by atoms with van der Waals surface area (Å²) in [5.74, 6) is -1.38. The van der Waals surface area contributed by atoms with Gasteiger partial charge in [0.15, 0.2) is 0 Å². The maximum absolute atomic E-state index is 13.2. The number of anilines is 1. The Kier molecular flexibility index (Phi) is 3.42. The van der Waals surface area contributed by atoms with Gasteiger partial charge in [0.2, 0.25) is 0 Å². The minimum atomic E-state index is -1.03. The molecule has 0 radical (unpaired) electrons. The van der Waals surface area contributed by atoms with Crippen LogP contribution in [0.3, 0.4) is 0 Å². The van der Waals surface area contributed by atoms with Gasteiger partial charge < -0.3 is 10.0 Å². The smallest absolute Gasteiger partial charge is 0.328 e. The van der Waals surface area contributed by atoms with Crippen molar-refractivity contribution in [3.63, 3.8) is 0 Å². The van der Waals surface area contributed by atoms with Crippen LogP contribution < -0.4 is 4.90 Å². The third kappa shape index (κ3) is 2.84. The van der Waals surface area contributed by atoms with Crippen molar-refractivity contribution in [1.29, 1.82) is 0 Å². The lowest BCUT2D eigenvalue weighted by Crippen LogP contribution is -2.18. The number of benzene rings is 1. The zero-order valence-electron chi connectivity index (χ0n) is 9.40. The van der Waals surface area contributed by atoms with Crippen LogP contribution in [0.2, 0.25) is 0 Å². The Morgan fingerprint density at radius 1 is 1.35 bits per heavy atom. The summed E-state index contributed by atoms with van der Waals surface area (Å²) in [7, 11) is 0. The topological polar surface area (TPSA) is 40.5 Å². The van der Waals surface area contributed by atoms with Crippen LogP contribution in [0.1, 0.15) is 18.4 Å². The number of carboxylic acids is 1. The molecule has 1 fully saturated rings. The van der Waals surface area contributed by atoms with E-state index >= 15 is 0 Å². The van der Waals surface area contributed by atoms with Crippen LogP contribution in [0, 0.1) is 5.82 Å². The van der Waals surface area contributed by atoms with Crippen LogP contribution in [-0.4, -0.2) is 24.2 Å². The van der Waals surface area contributed by atoms with E-state index in [1.165, 1.54) is 18.2 Å². The number of hydrogen-bond acceptors (Lipinski definition) is 2. The van der Waals surface area contributed by atoms with E-state index in [2.05, 4.69) is 4.90 Å². The molecular formula is C13H14FNO2. The second kappa shape index (κ2) is 4.99. The van der Waals surface area contributed by atoms with Crippen molar-refractivity contribution in [2.45, 2.75) is 12.8 Å². The molecule has 17 heavy (non-hydrogen) atoms. The molecule has 4 heteroatoms. The molecule has 0 atom stereocenters. The first kappa shape index (κ1) is 11.6. The predicted molar refractivity (Wildman–Crippen MR) is 64.5 cm³/mol. The Balaban J connectivity index is 2.33. The first-order valence-electron chi connectivity index (χ1n) is 5.62. The van der Waals surface area contributed by atoms with E-state index in [0.29, 0.717) is 5.56 Å². The van der Waals surface area contributed by atoms with E-state index in [4.69, 9.17) is 5.11 Å². The maximum atomic E-state index is 13.2. The van der Waals surface area contributed by atoms with Crippen molar-refractivity contribution in [2.24, 2.45) is 0 Å². The molecule has 1 aliphatic heterocycles. The van der Waals surface area contributed by atoms with Crippen molar-refractivity contribution in [3.05, 3.63) is 35.7 Å². The molecule has 1 N–H and O–H groups in total. The van der Waals surface area contributed by atoms with Gasteiger partial charge in [0.25, 0.3) is 0 Å². The predicted octanol–water partition coefficient (Wildman–Crippen LogP) is 2.52. The molecule has 1 aromatic carbocycles. The van der Waals surface area contributed by atoms with E-state index in [0.717, 1.165) is 37.7 Å². The van der Waals surface area contributed by atoms with E-state index in [1.807, 2.05) is 0 Å². The number of carboxylic acid groups (broad SMARTS) is 1. The fourth-order valence-electron chi connectivity index (χ4n) is 2.07. The first-order chi connectivity index (χ1) is 8.16. The van der Waals surface area contributed by atoms with Crippen molar-refractivity contribution in [3.8, 4) is 0 Å². The second-order valence-electron chi connectivity index (χ2n) is 4.07. The Morgan fingerprint density at radius 3 is 2.71 bits per heavy atom. The van der Waals surface area contributed by atoms with Crippen LogP contribution in [-0.2, 0) is 4.79 Å². The van der Waals surface area contributed by atoms with E-state index in [1.54, 1.807) is 6.07 Å². The van der Waals surface area contributed by atoms with Crippen molar-refractivity contribution < 1.29 is 14.3 Å². The molecule has 1 saturated heterocycles. The van der Waals surface area contributed by atoms with Crippen LogP contribution in [0.4, 0.5) is 10.1 Å². The number of aliphatic carboxylic acids is 1. The summed E-state index contributed by atoms with van der Waals surface area (Å²) in [6, 6.07) is 4.49. The van der Waals surface area contributed by atoms with Gasteiger partial charge in [-0.15, -0.1) is 0 Å². The largest absolute Gasteiger partial charge is 0.478 e. The molecule has 0 bridgehead atoms. The summed E-state index contributed by atoms with van der Waals surface area (Å²) in [5.41, 5.74) is 1.52. The summed E-state index contributed by atoms with van der Waals surface area (Å²) in [5, 5.41) is 8.61. The minimum absolute atomic E-state index is 0.349. The highest BCUT2D eigenvalue weighted by molar-refractivity contribution is 5.87. The molecule has 3 nitrogen and oxygen atoms in total. The van der Waals surface area contributed by atoms with Crippen LogP contribution >= 0.6 is 0 Å². The van der Waals surface area contributed by atoms with Gasteiger partial charge in [-0.3, -0.25) is 0 Å². The number of carbonyl (C=O) groups is 1. The molecule has 0 spiro atoms. The lowest BCUT2D eigenvalue weighted by Gasteiger charge is -2.20. The monoisotopic (exact) mass is 235 g/mol. The van der Waals surface area contributed by atoms with Gasteiger partial charge in [-0.25, -0.2) is 9.18 Å². The zero-order chi connectivity index (χ0) is 12.3. The van der Waals surface area contributed by atoms with Gasteiger partial charge in [0.05, 0.1) is 0 Å². The molecule has 2 rings (SSSR count). The number of rotatable bonds is 3. The zero-order valence-corrected chi connectivity index (χ0v) is 9.40. The molecule has 90 valence electrons. The fraction of sp³-hybridized carbons (Fsp3) is 0.308. The Morgan fingerprint density at radius 2 is 2.06 bits per heavy atom.